The number of likely N-dealkylation sites (N-methyl/N-ethyl adjacent to an activating group) is 1. The molecule has 7 nitrogen and oxygen atoms in total. The molecule has 1 N–H and O–H groups in total. The number of hydrogen-bond donors (Lipinski definition) is 1. The highest BCUT2D eigenvalue weighted by Crippen LogP contribution is 2.40. The second kappa shape index (κ2) is 9.41. The minimum atomic E-state index is -0.732. The first kappa shape index (κ1) is 22.7. The van der Waals surface area contributed by atoms with Crippen molar-refractivity contribution in [3.8, 4) is 11.5 Å². The third-order valence-corrected chi connectivity index (χ3v) is 5.48. The third-order valence-electron chi connectivity index (χ3n) is 5.18. The number of amides is 1. The predicted octanol–water partition coefficient (Wildman–Crippen LogP) is 3.34. The van der Waals surface area contributed by atoms with Crippen molar-refractivity contribution in [3.63, 3.8) is 0 Å². The molecule has 2 aromatic rings. The lowest BCUT2D eigenvalue weighted by Gasteiger charge is -2.26. The average molecular weight is 445 g/mol. The first-order valence-corrected chi connectivity index (χ1v) is 10.1. The minimum Gasteiger partial charge on any atom is -0.507 e. The molecule has 164 valence electrons. The van der Waals surface area contributed by atoms with Gasteiger partial charge in [-0.25, -0.2) is 0 Å². The van der Waals surface area contributed by atoms with Crippen LogP contribution in [0.15, 0.2) is 48.0 Å². The van der Waals surface area contributed by atoms with E-state index in [0.29, 0.717) is 35.7 Å². The maximum atomic E-state index is 13.0. The number of ketones is 1. The number of halogens is 1. The van der Waals surface area contributed by atoms with Crippen molar-refractivity contribution in [3.05, 3.63) is 64.2 Å². The van der Waals surface area contributed by atoms with Crippen molar-refractivity contribution in [2.75, 3.05) is 41.4 Å². The van der Waals surface area contributed by atoms with E-state index in [1.54, 1.807) is 43.5 Å². The molecule has 1 saturated heterocycles. The summed E-state index contributed by atoms with van der Waals surface area (Å²) in [4.78, 5) is 29.3. The van der Waals surface area contributed by atoms with Crippen molar-refractivity contribution in [1.82, 2.24) is 9.80 Å². The van der Waals surface area contributed by atoms with Crippen molar-refractivity contribution in [1.29, 1.82) is 0 Å². The number of hydrogen-bond acceptors (Lipinski definition) is 6. The Kier molecular flexibility index (Phi) is 6.87. The molecule has 3 rings (SSSR count). The van der Waals surface area contributed by atoms with Gasteiger partial charge in [0.1, 0.15) is 17.3 Å². The van der Waals surface area contributed by atoms with Gasteiger partial charge in [-0.15, -0.1) is 0 Å². The number of ether oxygens (including phenoxy) is 2. The predicted molar refractivity (Wildman–Crippen MR) is 119 cm³/mol. The molecular formula is C23H25ClN2O5. The fourth-order valence-corrected chi connectivity index (χ4v) is 3.78. The fraction of sp³-hybridized carbons (Fsp3) is 0.304. The minimum absolute atomic E-state index is 0.0233. The van der Waals surface area contributed by atoms with Gasteiger partial charge < -0.3 is 24.4 Å². The SMILES string of the molecule is COc1ccc([C@H]2/C(=C(\O)c3ccc(OC)c(Cl)c3)C(=O)C(=O)N2CCN(C)C)cc1. The number of aliphatic hydroxyl groups is 1. The Hall–Kier alpha value is -3.03. The van der Waals surface area contributed by atoms with E-state index in [2.05, 4.69) is 0 Å². The van der Waals surface area contributed by atoms with Crippen molar-refractivity contribution < 1.29 is 24.2 Å². The van der Waals surface area contributed by atoms with E-state index in [4.69, 9.17) is 21.1 Å². The summed E-state index contributed by atoms with van der Waals surface area (Å²) in [6, 6.07) is 11.1. The van der Waals surface area contributed by atoms with Gasteiger partial charge in [-0.1, -0.05) is 23.7 Å². The number of likely N-dealkylation sites (tertiary alicyclic amines) is 1. The maximum Gasteiger partial charge on any atom is 0.295 e. The van der Waals surface area contributed by atoms with E-state index in [1.165, 1.54) is 18.1 Å². The van der Waals surface area contributed by atoms with Gasteiger partial charge in [0.15, 0.2) is 0 Å². The quantitative estimate of drug-likeness (QED) is 0.401. The van der Waals surface area contributed by atoms with Gasteiger partial charge >= 0.3 is 0 Å². The topological polar surface area (TPSA) is 79.3 Å². The molecule has 0 aliphatic carbocycles. The van der Waals surface area contributed by atoms with Gasteiger partial charge in [0.05, 0.1) is 30.9 Å². The van der Waals surface area contributed by atoms with Crippen molar-refractivity contribution >= 4 is 29.1 Å². The van der Waals surface area contributed by atoms with Gasteiger partial charge in [0.25, 0.3) is 11.7 Å². The molecule has 1 aliphatic heterocycles. The van der Waals surface area contributed by atoms with Gasteiger partial charge in [0.2, 0.25) is 0 Å². The van der Waals surface area contributed by atoms with E-state index >= 15 is 0 Å². The van der Waals surface area contributed by atoms with Crippen LogP contribution in [-0.4, -0.2) is 68.0 Å². The number of nitrogens with zero attached hydrogens (tertiary/aromatic N) is 2. The Morgan fingerprint density at radius 2 is 1.77 bits per heavy atom. The van der Waals surface area contributed by atoms with Gasteiger partial charge in [0, 0.05) is 18.7 Å². The number of rotatable bonds is 7. The Morgan fingerprint density at radius 3 is 2.32 bits per heavy atom. The molecule has 0 unspecified atom stereocenters. The molecule has 0 aromatic heterocycles. The zero-order valence-electron chi connectivity index (χ0n) is 17.9. The number of carbonyl (C=O) groups excluding carboxylic acids is 2. The van der Waals surface area contributed by atoms with Crippen LogP contribution in [0, 0.1) is 0 Å². The summed E-state index contributed by atoms with van der Waals surface area (Å²) < 4.78 is 10.4. The van der Waals surface area contributed by atoms with Crippen molar-refractivity contribution in [2.45, 2.75) is 6.04 Å². The van der Waals surface area contributed by atoms with Crippen LogP contribution in [0.4, 0.5) is 0 Å². The fourth-order valence-electron chi connectivity index (χ4n) is 3.52. The number of aliphatic hydroxyl groups excluding tert-OH is 1. The molecule has 0 spiro atoms. The zero-order valence-corrected chi connectivity index (χ0v) is 18.6. The van der Waals surface area contributed by atoms with Crippen LogP contribution in [-0.2, 0) is 9.59 Å². The van der Waals surface area contributed by atoms with Crippen LogP contribution in [0.2, 0.25) is 5.02 Å². The summed E-state index contributed by atoms with van der Waals surface area (Å²) in [6.07, 6.45) is 0. The molecule has 1 fully saturated rings. The van der Waals surface area contributed by atoms with Gasteiger partial charge in [-0.05, 0) is 50.0 Å². The van der Waals surface area contributed by atoms with Crippen LogP contribution >= 0.6 is 11.6 Å². The Balaban J connectivity index is 2.14. The smallest absolute Gasteiger partial charge is 0.295 e. The van der Waals surface area contributed by atoms with Crippen LogP contribution < -0.4 is 9.47 Å². The average Bonchev–Trinajstić information content (AvgIpc) is 3.01. The van der Waals surface area contributed by atoms with E-state index in [1.807, 2.05) is 19.0 Å². The Bertz CT molecular complexity index is 1020. The highest BCUT2D eigenvalue weighted by Gasteiger charge is 2.45. The molecule has 1 amide bonds. The molecule has 2 aromatic carbocycles. The Labute approximate surface area is 186 Å². The molecule has 31 heavy (non-hydrogen) atoms. The standard InChI is InChI=1S/C23H25ClN2O5/c1-25(2)11-12-26-20(14-5-8-16(30-3)9-6-14)19(22(28)23(26)29)21(27)15-7-10-18(31-4)17(24)13-15/h5-10,13,20,27H,11-12H2,1-4H3/b21-19+/t20-/m0/s1. The monoisotopic (exact) mass is 444 g/mol. The summed E-state index contributed by atoms with van der Waals surface area (Å²) in [7, 11) is 6.82. The van der Waals surface area contributed by atoms with E-state index < -0.39 is 17.7 Å². The summed E-state index contributed by atoms with van der Waals surface area (Å²) in [6.45, 7) is 0.891. The lowest BCUT2D eigenvalue weighted by atomic mass is 9.95. The van der Waals surface area contributed by atoms with E-state index in [0.717, 1.165) is 0 Å². The number of benzene rings is 2. The highest BCUT2D eigenvalue weighted by atomic mass is 35.5. The third kappa shape index (κ3) is 4.52. The van der Waals surface area contributed by atoms with Crippen LogP contribution in [0.3, 0.4) is 0 Å². The molecule has 1 heterocycles. The lowest BCUT2D eigenvalue weighted by Crippen LogP contribution is -2.35. The molecule has 8 heteroatoms. The number of carbonyl (C=O) groups is 2. The summed E-state index contributed by atoms with van der Waals surface area (Å²) in [5.74, 6) is -0.573. The second-order valence-corrected chi connectivity index (χ2v) is 7.83. The zero-order chi connectivity index (χ0) is 22.7. The highest BCUT2D eigenvalue weighted by molar-refractivity contribution is 6.46. The molecule has 0 saturated carbocycles. The van der Waals surface area contributed by atoms with E-state index in [9.17, 15) is 14.7 Å². The van der Waals surface area contributed by atoms with Crippen LogP contribution in [0.5, 0.6) is 11.5 Å². The normalized spacial score (nSPS) is 18.0. The van der Waals surface area contributed by atoms with Crippen LogP contribution in [0.25, 0.3) is 5.76 Å². The molecular weight excluding hydrogens is 420 g/mol. The van der Waals surface area contributed by atoms with Crippen LogP contribution in [0.1, 0.15) is 17.2 Å². The van der Waals surface area contributed by atoms with Crippen molar-refractivity contribution in [2.24, 2.45) is 0 Å². The van der Waals surface area contributed by atoms with Gasteiger partial charge in [-0.3, -0.25) is 9.59 Å². The number of methoxy groups -OCH3 is 2. The summed E-state index contributed by atoms with van der Waals surface area (Å²) in [5.41, 5.74) is 1.05. The van der Waals surface area contributed by atoms with E-state index in [-0.39, 0.29) is 16.4 Å². The maximum absolute atomic E-state index is 13.0. The largest absolute Gasteiger partial charge is 0.507 e. The first-order valence-electron chi connectivity index (χ1n) is 9.69. The number of Topliss-reactive ketones (excluding diaryl/α,β-unsaturated/α-hetero) is 1. The summed E-state index contributed by atoms with van der Waals surface area (Å²) >= 11 is 6.20. The lowest BCUT2D eigenvalue weighted by molar-refractivity contribution is -0.140. The molecule has 1 aliphatic rings. The summed E-state index contributed by atoms with van der Waals surface area (Å²) in [5, 5.41) is 11.4. The molecule has 0 bridgehead atoms. The van der Waals surface area contributed by atoms with Gasteiger partial charge in [-0.2, -0.15) is 0 Å². The Morgan fingerprint density at radius 1 is 1.10 bits per heavy atom. The second-order valence-electron chi connectivity index (χ2n) is 7.42. The molecule has 1 atom stereocenters. The first-order chi connectivity index (χ1) is 14.8. The molecule has 0 radical (unpaired) electrons.